The molecule has 0 aromatic carbocycles. The van der Waals surface area contributed by atoms with E-state index in [1.165, 1.54) is 0 Å². The Morgan fingerprint density at radius 3 is 2.79 bits per heavy atom. The lowest BCUT2D eigenvalue weighted by atomic mass is 10.2. The first kappa shape index (κ1) is 11.0. The molecule has 78 valence electrons. The van der Waals surface area contributed by atoms with Crippen molar-refractivity contribution in [2.24, 2.45) is 0 Å². The molecular weight excluding hydrogens is 176 g/mol. The molecule has 0 radical (unpaired) electrons. The van der Waals surface area contributed by atoms with Crippen LogP contribution >= 0.6 is 0 Å². The molecule has 0 aliphatic rings. The molecule has 0 bridgehead atoms. The van der Waals surface area contributed by atoms with Crippen molar-refractivity contribution >= 4 is 5.69 Å². The van der Waals surface area contributed by atoms with Crippen LogP contribution in [0.25, 0.3) is 0 Å². The molecule has 0 spiro atoms. The van der Waals surface area contributed by atoms with Crippen LogP contribution in [0, 0.1) is 0 Å². The highest BCUT2D eigenvalue weighted by Gasteiger charge is 2.07. The average Bonchev–Trinajstić information content (AvgIpc) is 2.26. The highest BCUT2D eigenvalue weighted by molar-refractivity contribution is 5.51. The number of anilines is 1. The van der Waals surface area contributed by atoms with Crippen LogP contribution < -0.4 is 4.90 Å². The lowest BCUT2D eigenvalue weighted by Gasteiger charge is -2.24. The summed E-state index contributed by atoms with van der Waals surface area (Å²) in [5.41, 5.74) is 2.01. The number of aromatic nitrogens is 1. The average molecular weight is 194 g/mol. The number of rotatable bonds is 5. The third-order valence-corrected chi connectivity index (χ3v) is 2.27. The van der Waals surface area contributed by atoms with Crippen molar-refractivity contribution in [2.45, 2.75) is 26.9 Å². The summed E-state index contributed by atoms with van der Waals surface area (Å²) in [6.07, 6.45) is 4.65. The number of nitrogens with zero attached hydrogens (tertiary/aromatic N) is 2. The van der Waals surface area contributed by atoms with E-state index in [2.05, 4.69) is 23.7 Å². The van der Waals surface area contributed by atoms with Crippen LogP contribution in [0.1, 0.15) is 25.8 Å². The Morgan fingerprint density at radius 1 is 1.43 bits per heavy atom. The summed E-state index contributed by atoms with van der Waals surface area (Å²) in [6, 6.07) is 1.87. The first-order valence-electron chi connectivity index (χ1n) is 5.12. The zero-order valence-electron chi connectivity index (χ0n) is 8.90. The van der Waals surface area contributed by atoms with E-state index in [0.717, 1.165) is 30.8 Å². The molecule has 0 amide bonds. The van der Waals surface area contributed by atoms with Crippen molar-refractivity contribution in [3.05, 3.63) is 24.0 Å². The molecular formula is C11H18N2O. The summed E-state index contributed by atoms with van der Waals surface area (Å²) in [6.45, 7) is 6.31. The van der Waals surface area contributed by atoms with E-state index in [9.17, 15) is 5.11 Å². The van der Waals surface area contributed by atoms with Crippen molar-refractivity contribution in [1.29, 1.82) is 0 Å². The van der Waals surface area contributed by atoms with Crippen LogP contribution in [0.5, 0.6) is 0 Å². The first-order valence-corrected chi connectivity index (χ1v) is 5.12. The highest BCUT2D eigenvalue weighted by atomic mass is 16.3. The second-order valence-corrected chi connectivity index (χ2v) is 3.24. The Hall–Kier alpha value is -1.09. The minimum absolute atomic E-state index is 0.0814. The molecule has 3 nitrogen and oxygen atoms in total. The maximum atomic E-state index is 9.18. The van der Waals surface area contributed by atoms with Gasteiger partial charge >= 0.3 is 0 Å². The molecule has 0 unspecified atom stereocenters. The summed E-state index contributed by atoms with van der Waals surface area (Å²) in [7, 11) is 0. The molecule has 14 heavy (non-hydrogen) atoms. The maximum absolute atomic E-state index is 9.18. The van der Waals surface area contributed by atoms with Crippen LogP contribution in [0.15, 0.2) is 18.5 Å². The van der Waals surface area contributed by atoms with Gasteiger partial charge in [0, 0.05) is 24.8 Å². The van der Waals surface area contributed by atoms with Crippen LogP contribution in [0.3, 0.4) is 0 Å². The standard InChI is InChI=1S/C11H18N2O/c1-3-7-13(4-2)11-8-12-6-5-10(11)9-14/h5-6,8,14H,3-4,7,9H2,1-2H3. The predicted molar refractivity (Wildman–Crippen MR) is 58.3 cm³/mol. The van der Waals surface area contributed by atoms with E-state index in [-0.39, 0.29) is 6.61 Å². The van der Waals surface area contributed by atoms with Gasteiger partial charge in [0.2, 0.25) is 0 Å². The first-order chi connectivity index (χ1) is 6.83. The lowest BCUT2D eigenvalue weighted by molar-refractivity contribution is 0.282. The zero-order chi connectivity index (χ0) is 10.4. The molecule has 0 fully saturated rings. The molecule has 0 aliphatic carbocycles. The number of aliphatic hydroxyl groups excluding tert-OH is 1. The van der Waals surface area contributed by atoms with E-state index >= 15 is 0 Å². The van der Waals surface area contributed by atoms with Crippen LogP contribution in [0.4, 0.5) is 5.69 Å². The molecule has 1 heterocycles. The Balaban J connectivity index is 2.90. The van der Waals surface area contributed by atoms with Gasteiger partial charge < -0.3 is 10.0 Å². The topological polar surface area (TPSA) is 36.4 Å². The summed E-state index contributed by atoms with van der Waals surface area (Å²) in [5, 5.41) is 9.18. The van der Waals surface area contributed by atoms with E-state index in [1.807, 2.05) is 12.3 Å². The number of hydrogen-bond donors (Lipinski definition) is 1. The fraction of sp³-hybridized carbons (Fsp3) is 0.545. The van der Waals surface area contributed by atoms with Gasteiger partial charge in [0.15, 0.2) is 0 Å². The predicted octanol–water partition coefficient (Wildman–Crippen LogP) is 1.81. The molecule has 1 aromatic rings. The highest BCUT2D eigenvalue weighted by Crippen LogP contribution is 2.18. The molecule has 0 aliphatic heterocycles. The van der Waals surface area contributed by atoms with E-state index in [1.54, 1.807) is 6.20 Å². The quantitative estimate of drug-likeness (QED) is 0.776. The molecule has 1 aromatic heterocycles. The number of aliphatic hydroxyl groups is 1. The van der Waals surface area contributed by atoms with Gasteiger partial charge in [-0.05, 0) is 19.4 Å². The number of pyridine rings is 1. The molecule has 0 saturated heterocycles. The van der Waals surface area contributed by atoms with E-state index in [0.29, 0.717) is 0 Å². The second kappa shape index (κ2) is 5.60. The Bertz CT molecular complexity index is 276. The molecule has 1 rings (SSSR count). The van der Waals surface area contributed by atoms with Crippen LogP contribution in [0.2, 0.25) is 0 Å². The third-order valence-electron chi connectivity index (χ3n) is 2.27. The van der Waals surface area contributed by atoms with Crippen molar-refractivity contribution in [3.8, 4) is 0 Å². The largest absolute Gasteiger partial charge is 0.392 e. The lowest BCUT2D eigenvalue weighted by Crippen LogP contribution is -2.24. The van der Waals surface area contributed by atoms with Gasteiger partial charge in [0.05, 0.1) is 18.5 Å². The van der Waals surface area contributed by atoms with Gasteiger partial charge in [0.25, 0.3) is 0 Å². The molecule has 1 N–H and O–H groups in total. The van der Waals surface area contributed by atoms with Crippen molar-refractivity contribution in [2.75, 3.05) is 18.0 Å². The summed E-state index contributed by atoms with van der Waals surface area (Å²) >= 11 is 0. The van der Waals surface area contributed by atoms with Gasteiger partial charge in [0.1, 0.15) is 0 Å². The minimum atomic E-state index is 0.0814. The van der Waals surface area contributed by atoms with Crippen molar-refractivity contribution in [1.82, 2.24) is 4.98 Å². The Kier molecular flexibility index (Phi) is 4.40. The summed E-state index contributed by atoms with van der Waals surface area (Å²) in [5.74, 6) is 0. The Morgan fingerprint density at radius 2 is 2.21 bits per heavy atom. The molecule has 0 saturated carbocycles. The van der Waals surface area contributed by atoms with Gasteiger partial charge in [-0.25, -0.2) is 0 Å². The van der Waals surface area contributed by atoms with E-state index < -0.39 is 0 Å². The summed E-state index contributed by atoms with van der Waals surface area (Å²) in [4.78, 5) is 6.33. The van der Waals surface area contributed by atoms with E-state index in [4.69, 9.17) is 0 Å². The van der Waals surface area contributed by atoms with Crippen LogP contribution in [-0.4, -0.2) is 23.2 Å². The SMILES string of the molecule is CCCN(CC)c1cnccc1CO. The molecule has 3 heteroatoms. The van der Waals surface area contributed by atoms with Gasteiger partial charge in [-0.3, -0.25) is 4.98 Å². The monoisotopic (exact) mass is 194 g/mol. The smallest absolute Gasteiger partial charge is 0.0703 e. The van der Waals surface area contributed by atoms with Crippen LogP contribution in [-0.2, 0) is 6.61 Å². The Labute approximate surface area is 85.4 Å². The fourth-order valence-electron chi connectivity index (χ4n) is 1.55. The van der Waals surface area contributed by atoms with Crippen molar-refractivity contribution in [3.63, 3.8) is 0 Å². The zero-order valence-corrected chi connectivity index (χ0v) is 8.90. The second-order valence-electron chi connectivity index (χ2n) is 3.24. The minimum Gasteiger partial charge on any atom is -0.392 e. The third kappa shape index (κ3) is 2.45. The van der Waals surface area contributed by atoms with Gasteiger partial charge in [-0.2, -0.15) is 0 Å². The van der Waals surface area contributed by atoms with Gasteiger partial charge in [-0.15, -0.1) is 0 Å². The van der Waals surface area contributed by atoms with Gasteiger partial charge in [-0.1, -0.05) is 6.92 Å². The van der Waals surface area contributed by atoms with Crippen molar-refractivity contribution < 1.29 is 5.11 Å². The fourth-order valence-corrected chi connectivity index (χ4v) is 1.55. The molecule has 0 atom stereocenters. The maximum Gasteiger partial charge on any atom is 0.0703 e. The number of hydrogen-bond acceptors (Lipinski definition) is 3. The normalized spacial score (nSPS) is 10.2. The summed E-state index contributed by atoms with van der Waals surface area (Å²) < 4.78 is 0.